The van der Waals surface area contributed by atoms with Crippen molar-refractivity contribution in [1.82, 2.24) is 20.9 Å². The molecule has 0 aromatic heterocycles. The van der Waals surface area contributed by atoms with E-state index in [1.807, 2.05) is 13.8 Å². The van der Waals surface area contributed by atoms with Crippen LogP contribution in [0.2, 0.25) is 0 Å². The van der Waals surface area contributed by atoms with E-state index in [-0.39, 0.29) is 17.9 Å². The van der Waals surface area contributed by atoms with Gasteiger partial charge in [-0.2, -0.15) is 0 Å². The normalized spacial score (nSPS) is 23.6. The van der Waals surface area contributed by atoms with Gasteiger partial charge in [0, 0.05) is 12.1 Å². The van der Waals surface area contributed by atoms with Crippen LogP contribution in [0.25, 0.3) is 0 Å². The summed E-state index contributed by atoms with van der Waals surface area (Å²) in [5.74, 6) is -0.660. The third-order valence-electron chi connectivity index (χ3n) is 4.04. The summed E-state index contributed by atoms with van der Waals surface area (Å²) in [6.45, 7) is 6.91. The Morgan fingerprint density at radius 2 is 1.86 bits per heavy atom. The zero-order chi connectivity index (χ0) is 16.2. The maximum absolute atomic E-state index is 12.1. The average Bonchev–Trinajstić information content (AvgIpc) is 2.61. The predicted octanol–water partition coefficient (Wildman–Crippen LogP) is 0.355. The van der Waals surface area contributed by atoms with E-state index >= 15 is 0 Å². The second-order valence-electron chi connectivity index (χ2n) is 6.84. The van der Waals surface area contributed by atoms with Gasteiger partial charge in [0.25, 0.3) is 5.91 Å². The quantitative estimate of drug-likeness (QED) is 0.639. The number of nitrogens with one attached hydrogen (secondary N) is 3. The SMILES string of the molecule is CC(C)(CN1CCCCCC1)NC(=O)CC1NC(=O)NC1=O. The van der Waals surface area contributed by atoms with Crippen LogP contribution in [0.4, 0.5) is 4.79 Å². The van der Waals surface area contributed by atoms with Crippen LogP contribution in [0.15, 0.2) is 0 Å². The van der Waals surface area contributed by atoms with Gasteiger partial charge in [-0.3, -0.25) is 14.9 Å². The average molecular weight is 310 g/mol. The summed E-state index contributed by atoms with van der Waals surface area (Å²) in [6.07, 6.45) is 4.94. The molecule has 2 rings (SSSR count). The van der Waals surface area contributed by atoms with E-state index in [1.54, 1.807) is 0 Å². The van der Waals surface area contributed by atoms with Gasteiger partial charge < -0.3 is 15.5 Å². The fraction of sp³-hybridized carbons (Fsp3) is 0.800. The fourth-order valence-corrected chi connectivity index (χ4v) is 3.11. The van der Waals surface area contributed by atoms with Crippen LogP contribution in [0, 0.1) is 0 Å². The van der Waals surface area contributed by atoms with Gasteiger partial charge in [-0.05, 0) is 39.8 Å². The van der Waals surface area contributed by atoms with E-state index in [2.05, 4.69) is 20.9 Å². The Morgan fingerprint density at radius 1 is 1.23 bits per heavy atom. The molecule has 7 heteroatoms. The molecule has 3 N–H and O–H groups in total. The van der Waals surface area contributed by atoms with Crippen molar-refractivity contribution in [3.8, 4) is 0 Å². The molecule has 0 aromatic rings. The predicted molar refractivity (Wildman–Crippen MR) is 82.2 cm³/mol. The van der Waals surface area contributed by atoms with Crippen LogP contribution >= 0.6 is 0 Å². The Kier molecular flexibility index (Phi) is 5.39. The molecule has 0 aromatic carbocycles. The fourth-order valence-electron chi connectivity index (χ4n) is 3.11. The summed E-state index contributed by atoms with van der Waals surface area (Å²) in [4.78, 5) is 37.0. The maximum atomic E-state index is 12.1. The van der Waals surface area contributed by atoms with Gasteiger partial charge in [0.15, 0.2) is 0 Å². The Balaban J connectivity index is 1.81. The first kappa shape index (κ1) is 16.7. The van der Waals surface area contributed by atoms with E-state index in [0.717, 1.165) is 19.6 Å². The van der Waals surface area contributed by atoms with Crippen molar-refractivity contribution in [2.45, 2.75) is 57.5 Å². The number of hydrogen-bond donors (Lipinski definition) is 3. The standard InChI is InChI=1S/C15H26N4O3/c1-15(2,10-19-7-5-3-4-6-8-19)18-12(20)9-11-13(21)17-14(22)16-11/h11H,3-10H2,1-2H3,(H,18,20)(H2,16,17,21,22). The molecular formula is C15H26N4O3. The zero-order valence-corrected chi connectivity index (χ0v) is 13.4. The molecule has 2 saturated heterocycles. The summed E-state index contributed by atoms with van der Waals surface area (Å²) in [5, 5.41) is 7.54. The van der Waals surface area contributed by atoms with Gasteiger partial charge in [0.05, 0.1) is 6.42 Å². The highest BCUT2D eigenvalue weighted by atomic mass is 16.2. The second kappa shape index (κ2) is 7.09. The van der Waals surface area contributed by atoms with Crippen LogP contribution in [-0.2, 0) is 9.59 Å². The number of urea groups is 1. The van der Waals surface area contributed by atoms with E-state index < -0.39 is 18.0 Å². The molecule has 4 amide bonds. The van der Waals surface area contributed by atoms with Gasteiger partial charge in [0.2, 0.25) is 5.91 Å². The molecule has 0 bridgehead atoms. The number of amides is 4. The lowest BCUT2D eigenvalue weighted by Gasteiger charge is -2.33. The first-order chi connectivity index (χ1) is 10.4. The molecule has 2 heterocycles. The lowest BCUT2D eigenvalue weighted by atomic mass is 10.0. The van der Waals surface area contributed by atoms with Crippen LogP contribution in [-0.4, -0.2) is 54.0 Å². The Labute approximate surface area is 131 Å². The van der Waals surface area contributed by atoms with Crippen LogP contribution in [0.5, 0.6) is 0 Å². The van der Waals surface area contributed by atoms with Gasteiger partial charge in [-0.25, -0.2) is 4.79 Å². The lowest BCUT2D eigenvalue weighted by Crippen LogP contribution is -2.52. The molecule has 0 aliphatic carbocycles. The highest BCUT2D eigenvalue weighted by Gasteiger charge is 2.33. The summed E-state index contributed by atoms with van der Waals surface area (Å²) >= 11 is 0. The Hall–Kier alpha value is -1.63. The first-order valence-corrected chi connectivity index (χ1v) is 8.00. The highest BCUT2D eigenvalue weighted by molar-refractivity contribution is 6.05. The number of imide groups is 1. The van der Waals surface area contributed by atoms with E-state index in [0.29, 0.717) is 0 Å². The van der Waals surface area contributed by atoms with Gasteiger partial charge in [-0.1, -0.05) is 12.8 Å². The Morgan fingerprint density at radius 3 is 2.41 bits per heavy atom. The summed E-state index contributed by atoms with van der Waals surface area (Å²) in [5.41, 5.74) is -0.361. The molecule has 7 nitrogen and oxygen atoms in total. The van der Waals surface area contributed by atoms with Crippen molar-refractivity contribution in [3.05, 3.63) is 0 Å². The number of carbonyl (C=O) groups excluding carboxylic acids is 3. The van der Waals surface area contributed by atoms with Crippen molar-refractivity contribution < 1.29 is 14.4 Å². The number of carbonyl (C=O) groups is 3. The third kappa shape index (κ3) is 4.98. The number of rotatable bonds is 5. The summed E-state index contributed by atoms with van der Waals surface area (Å²) in [6, 6.07) is -1.30. The molecule has 1 unspecified atom stereocenters. The van der Waals surface area contributed by atoms with Crippen molar-refractivity contribution >= 4 is 17.8 Å². The minimum atomic E-state index is -0.763. The Bertz CT molecular complexity index is 442. The van der Waals surface area contributed by atoms with Crippen molar-refractivity contribution in [3.63, 3.8) is 0 Å². The maximum Gasteiger partial charge on any atom is 0.322 e. The molecule has 0 radical (unpaired) electrons. The number of hydrogen-bond acceptors (Lipinski definition) is 4. The highest BCUT2D eigenvalue weighted by Crippen LogP contribution is 2.14. The van der Waals surface area contributed by atoms with Crippen LogP contribution in [0.1, 0.15) is 46.0 Å². The van der Waals surface area contributed by atoms with Crippen LogP contribution in [0.3, 0.4) is 0 Å². The second-order valence-corrected chi connectivity index (χ2v) is 6.84. The minimum absolute atomic E-state index is 0.0268. The molecule has 1 atom stereocenters. The third-order valence-corrected chi connectivity index (χ3v) is 4.04. The largest absolute Gasteiger partial charge is 0.350 e. The van der Waals surface area contributed by atoms with E-state index in [1.165, 1.54) is 25.7 Å². The van der Waals surface area contributed by atoms with Crippen LogP contribution < -0.4 is 16.0 Å². The van der Waals surface area contributed by atoms with Gasteiger partial charge in [-0.15, -0.1) is 0 Å². The van der Waals surface area contributed by atoms with Gasteiger partial charge >= 0.3 is 6.03 Å². The van der Waals surface area contributed by atoms with Crippen molar-refractivity contribution in [1.29, 1.82) is 0 Å². The first-order valence-electron chi connectivity index (χ1n) is 8.00. The molecule has 2 aliphatic rings. The summed E-state index contributed by atoms with van der Waals surface area (Å²) in [7, 11) is 0. The number of likely N-dealkylation sites (tertiary alicyclic amines) is 1. The minimum Gasteiger partial charge on any atom is -0.350 e. The molecular weight excluding hydrogens is 284 g/mol. The van der Waals surface area contributed by atoms with E-state index in [4.69, 9.17) is 0 Å². The lowest BCUT2D eigenvalue weighted by molar-refractivity contribution is -0.127. The molecule has 2 fully saturated rings. The number of nitrogens with zero attached hydrogens (tertiary/aromatic N) is 1. The van der Waals surface area contributed by atoms with E-state index in [9.17, 15) is 14.4 Å². The molecule has 124 valence electrons. The van der Waals surface area contributed by atoms with Crippen molar-refractivity contribution in [2.75, 3.05) is 19.6 Å². The smallest absolute Gasteiger partial charge is 0.322 e. The molecule has 0 spiro atoms. The molecule has 22 heavy (non-hydrogen) atoms. The molecule has 2 aliphatic heterocycles. The summed E-state index contributed by atoms with van der Waals surface area (Å²) < 4.78 is 0. The topological polar surface area (TPSA) is 90.5 Å². The van der Waals surface area contributed by atoms with Crippen molar-refractivity contribution in [2.24, 2.45) is 0 Å². The van der Waals surface area contributed by atoms with Gasteiger partial charge in [0.1, 0.15) is 6.04 Å². The monoisotopic (exact) mass is 310 g/mol. The molecule has 0 saturated carbocycles. The zero-order valence-electron chi connectivity index (χ0n) is 13.4.